The van der Waals surface area contributed by atoms with Crippen molar-refractivity contribution in [3.63, 3.8) is 0 Å². The summed E-state index contributed by atoms with van der Waals surface area (Å²) < 4.78 is 0. The van der Waals surface area contributed by atoms with Gasteiger partial charge in [-0.25, -0.2) is 0 Å². The van der Waals surface area contributed by atoms with Crippen LogP contribution in [0.1, 0.15) is 35.5 Å². The van der Waals surface area contributed by atoms with Crippen LogP contribution in [-0.2, 0) is 4.79 Å². The van der Waals surface area contributed by atoms with Gasteiger partial charge < -0.3 is 16.2 Å². The molecule has 2 unspecified atom stereocenters. The summed E-state index contributed by atoms with van der Waals surface area (Å²) in [5.41, 5.74) is 9.18. The number of nitrogens with one attached hydrogen (secondary N) is 1. The lowest BCUT2D eigenvalue weighted by molar-refractivity contribution is -0.125. The average molecular weight is 251 g/mol. The van der Waals surface area contributed by atoms with Crippen molar-refractivity contribution in [2.45, 2.75) is 39.8 Å². The summed E-state index contributed by atoms with van der Waals surface area (Å²) in [5, 5.41) is 12.4. The fourth-order valence-corrected chi connectivity index (χ4v) is 2.18. The molecule has 5 nitrogen and oxygen atoms in total. The van der Waals surface area contributed by atoms with E-state index < -0.39 is 12.0 Å². The van der Waals surface area contributed by atoms with E-state index in [9.17, 15) is 9.90 Å². The Balaban J connectivity index is 2.79. The van der Waals surface area contributed by atoms with Crippen LogP contribution in [0, 0.1) is 20.8 Å². The second kappa shape index (κ2) is 5.93. The molecular weight excluding hydrogens is 230 g/mol. The Labute approximate surface area is 107 Å². The largest absolute Gasteiger partial charge is 0.382 e. The summed E-state index contributed by atoms with van der Waals surface area (Å²) in [7, 11) is 0. The summed E-state index contributed by atoms with van der Waals surface area (Å²) >= 11 is 0. The summed E-state index contributed by atoms with van der Waals surface area (Å²) in [6, 6.07) is 2.03. The molecule has 0 radical (unpaired) electrons. The molecule has 1 aromatic rings. The molecule has 1 heterocycles. The first-order valence-electron chi connectivity index (χ1n) is 5.98. The first-order chi connectivity index (χ1) is 8.32. The quantitative estimate of drug-likeness (QED) is 0.711. The fourth-order valence-electron chi connectivity index (χ4n) is 2.18. The molecule has 18 heavy (non-hydrogen) atoms. The van der Waals surface area contributed by atoms with Gasteiger partial charge in [0.05, 0.1) is 0 Å². The summed E-state index contributed by atoms with van der Waals surface area (Å²) in [6.07, 6.45) is -1.16. The van der Waals surface area contributed by atoms with Crippen molar-refractivity contribution < 1.29 is 9.90 Å². The van der Waals surface area contributed by atoms with E-state index in [4.69, 9.17) is 5.73 Å². The zero-order chi connectivity index (χ0) is 13.9. The molecule has 0 aliphatic carbocycles. The average Bonchev–Trinajstić information content (AvgIpc) is 2.24. The molecule has 5 heteroatoms. The molecule has 4 N–H and O–H groups in total. The molecule has 0 aromatic carbocycles. The highest BCUT2D eigenvalue weighted by Crippen LogP contribution is 2.20. The zero-order valence-electron chi connectivity index (χ0n) is 11.3. The van der Waals surface area contributed by atoms with Gasteiger partial charge >= 0.3 is 0 Å². The van der Waals surface area contributed by atoms with E-state index in [1.807, 2.05) is 33.8 Å². The van der Waals surface area contributed by atoms with E-state index in [0.717, 1.165) is 22.5 Å². The molecule has 0 aliphatic heterocycles. The highest BCUT2D eigenvalue weighted by atomic mass is 16.3. The number of carbonyl (C=O) groups is 1. The number of carbonyl (C=O) groups excluding carboxylic acids is 1. The first kappa shape index (κ1) is 14.6. The van der Waals surface area contributed by atoms with Gasteiger partial charge in [-0.05, 0) is 44.9 Å². The summed E-state index contributed by atoms with van der Waals surface area (Å²) in [5.74, 6) is -0.717. The van der Waals surface area contributed by atoms with Crippen molar-refractivity contribution in [2.24, 2.45) is 5.73 Å². The van der Waals surface area contributed by atoms with E-state index in [0.29, 0.717) is 0 Å². The lowest BCUT2D eigenvalue weighted by atomic mass is 10.0. The minimum Gasteiger partial charge on any atom is -0.382 e. The Hall–Kier alpha value is -1.46. The number of hydrogen-bond donors (Lipinski definition) is 3. The van der Waals surface area contributed by atoms with E-state index in [2.05, 4.69) is 10.3 Å². The lowest BCUT2D eigenvalue weighted by Gasteiger charge is -2.20. The molecule has 1 aromatic heterocycles. The topological polar surface area (TPSA) is 88.2 Å². The molecule has 100 valence electrons. The summed E-state index contributed by atoms with van der Waals surface area (Å²) in [6.45, 7) is 8.06. The van der Waals surface area contributed by atoms with Crippen LogP contribution < -0.4 is 11.1 Å². The van der Waals surface area contributed by atoms with Gasteiger partial charge in [0.1, 0.15) is 6.10 Å². The third kappa shape index (κ3) is 3.51. The van der Waals surface area contributed by atoms with Crippen molar-refractivity contribution in [1.82, 2.24) is 10.3 Å². The normalized spacial score (nSPS) is 14.3. The van der Waals surface area contributed by atoms with Crippen molar-refractivity contribution in [3.8, 4) is 0 Å². The van der Waals surface area contributed by atoms with Crippen LogP contribution in [0.4, 0.5) is 0 Å². The van der Waals surface area contributed by atoms with Gasteiger partial charge in [-0.2, -0.15) is 0 Å². The van der Waals surface area contributed by atoms with Crippen LogP contribution in [0.25, 0.3) is 0 Å². The molecule has 2 atom stereocenters. The van der Waals surface area contributed by atoms with Gasteiger partial charge in [0, 0.05) is 24.0 Å². The second-order valence-electron chi connectivity index (χ2n) is 4.63. The van der Waals surface area contributed by atoms with Crippen LogP contribution in [-0.4, -0.2) is 28.6 Å². The predicted molar refractivity (Wildman–Crippen MR) is 70.1 cm³/mol. The second-order valence-corrected chi connectivity index (χ2v) is 4.63. The van der Waals surface area contributed by atoms with Crippen LogP contribution in [0.15, 0.2) is 6.07 Å². The minimum atomic E-state index is -1.16. The van der Waals surface area contributed by atoms with E-state index in [1.54, 1.807) is 0 Å². The van der Waals surface area contributed by atoms with Gasteiger partial charge in [0.25, 0.3) is 0 Å². The molecule has 0 spiro atoms. The van der Waals surface area contributed by atoms with Gasteiger partial charge in [-0.3, -0.25) is 9.78 Å². The maximum Gasteiger partial charge on any atom is 0.247 e. The number of hydrogen-bond acceptors (Lipinski definition) is 4. The number of nitrogens with zero attached hydrogens (tertiary/aromatic N) is 1. The van der Waals surface area contributed by atoms with Crippen molar-refractivity contribution in [1.29, 1.82) is 0 Å². The van der Waals surface area contributed by atoms with Crippen molar-refractivity contribution in [3.05, 3.63) is 28.6 Å². The maximum atomic E-state index is 10.7. The number of aliphatic hydroxyl groups is 1. The lowest BCUT2D eigenvalue weighted by Crippen LogP contribution is -2.38. The minimum absolute atomic E-state index is 0.00657. The predicted octanol–water partition coefficient (Wildman–Crippen LogP) is 0.504. The van der Waals surface area contributed by atoms with E-state index >= 15 is 0 Å². The number of primary amides is 1. The van der Waals surface area contributed by atoms with Gasteiger partial charge in [0.2, 0.25) is 5.91 Å². The molecule has 1 amide bonds. The van der Waals surface area contributed by atoms with E-state index in [1.165, 1.54) is 0 Å². The molecule has 0 aliphatic rings. The Kier molecular flexibility index (Phi) is 4.81. The number of nitrogens with two attached hydrogens (primary N) is 1. The smallest absolute Gasteiger partial charge is 0.247 e. The number of aryl methyl sites for hydroxylation is 3. The standard InChI is InChI=1S/C13H21N3O2/c1-7-5-8(2)16-10(4)12(7)9(3)15-6-11(17)13(14)18/h5,9,11,15,17H,6H2,1-4H3,(H2,14,18). The van der Waals surface area contributed by atoms with Crippen LogP contribution in [0.3, 0.4) is 0 Å². The molecule has 0 saturated heterocycles. The highest BCUT2D eigenvalue weighted by molar-refractivity contribution is 5.78. The number of aromatic nitrogens is 1. The molecular formula is C13H21N3O2. The molecule has 0 fully saturated rings. The monoisotopic (exact) mass is 251 g/mol. The third-order valence-corrected chi connectivity index (χ3v) is 2.96. The van der Waals surface area contributed by atoms with E-state index in [-0.39, 0.29) is 12.6 Å². The highest BCUT2D eigenvalue weighted by Gasteiger charge is 2.16. The summed E-state index contributed by atoms with van der Waals surface area (Å²) in [4.78, 5) is 15.2. The first-order valence-corrected chi connectivity index (χ1v) is 5.98. The third-order valence-electron chi connectivity index (χ3n) is 2.96. The molecule has 0 bridgehead atoms. The number of amides is 1. The molecule has 0 saturated carbocycles. The SMILES string of the molecule is Cc1cc(C)c(C(C)NCC(O)C(N)=O)c(C)n1. The Morgan fingerprint density at radius 3 is 2.61 bits per heavy atom. The molecule has 1 rings (SSSR count). The van der Waals surface area contributed by atoms with Gasteiger partial charge in [-0.15, -0.1) is 0 Å². The van der Waals surface area contributed by atoms with Crippen molar-refractivity contribution >= 4 is 5.91 Å². The van der Waals surface area contributed by atoms with Gasteiger partial charge in [-0.1, -0.05) is 0 Å². The Bertz CT molecular complexity index is 423. The van der Waals surface area contributed by atoms with Crippen LogP contribution in [0.5, 0.6) is 0 Å². The van der Waals surface area contributed by atoms with Crippen molar-refractivity contribution in [2.75, 3.05) is 6.54 Å². The number of pyridine rings is 1. The Morgan fingerprint density at radius 2 is 2.11 bits per heavy atom. The number of rotatable bonds is 5. The Morgan fingerprint density at radius 1 is 1.50 bits per heavy atom. The zero-order valence-corrected chi connectivity index (χ0v) is 11.3. The van der Waals surface area contributed by atoms with Crippen LogP contribution in [0.2, 0.25) is 0 Å². The number of aliphatic hydroxyl groups excluding tert-OH is 1. The van der Waals surface area contributed by atoms with Gasteiger partial charge in [0.15, 0.2) is 0 Å². The maximum absolute atomic E-state index is 10.7. The fraction of sp³-hybridized carbons (Fsp3) is 0.538. The van der Waals surface area contributed by atoms with Crippen LogP contribution >= 0.6 is 0 Å².